The minimum Gasteiger partial charge on any atom is -0.374 e. The van der Waals surface area contributed by atoms with Gasteiger partial charge in [-0.1, -0.05) is 39.0 Å². The van der Waals surface area contributed by atoms with Crippen LogP contribution in [0.25, 0.3) is 0 Å². The van der Waals surface area contributed by atoms with Crippen LogP contribution in [-0.4, -0.2) is 42.8 Å². The summed E-state index contributed by atoms with van der Waals surface area (Å²) in [5, 5.41) is 0. The van der Waals surface area contributed by atoms with Crippen molar-refractivity contribution < 1.29 is 4.74 Å². The van der Waals surface area contributed by atoms with Crippen molar-refractivity contribution >= 4 is 0 Å². The van der Waals surface area contributed by atoms with E-state index in [1.807, 2.05) is 0 Å². The molecule has 2 unspecified atom stereocenters. The monoisotopic (exact) mass is 271 g/mol. The molecule has 1 rings (SSSR count). The molecule has 0 amide bonds. The number of hydrogen-bond donors (Lipinski definition) is 2. The van der Waals surface area contributed by atoms with E-state index in [1.165, 1.54) is 32.1 Å². The molecule has 114 valence electrons. The van der Waals surface area contributed by atoms with Crippen LogP contribution in [0.4, 0.5) is 0 Å². The van der Waals surface area contributed by atoms with Crippen molar-refractivity contribution in [3.63, 3.8) is 0 Å². The van der Waals surface area contributed by atoms with E-state index in [4.69, 9.17) is 10.6 Å². The quantitative estimate of drug-likeness (QED) is 0.384. The molecule has 4 nitrogen and oxygen atoms in total. The number of ether oxygens (including phenoxy) is 1. The first-order valence-electron chi connectivity index (χ1n) is 8.00. The second kappa shape index (κ2) is 9.70. The van der Waals surface area contributed by atoms with Gasteiger partial charge in [0.25, 0.3) is 0 Å². The minimum atomic E-state index is 0.243. The maximum Gasteiger partial charge on any atom is 0.0868 e. The normalized spacial score (nSPS) is 22.9. The summed E-state index contributed by atoms with van der Waals surface area (Å²) in [5.74, 6) is 5.72. The molecular weight excluding hydrogens is 238 g/mol. The summed E-state index contributed by atoms with van der Waals surface area (Å²) in [7, 11) is 0. The molecule has 1 fully saturated rings. The number of rotatable bonds is 9. The Morgan fingerprint density at radius 3 is 2.63 bits per heavy atom. The van der Waals surface area contributed by atoms with Crippen molar-refractivity contribution in [3.8, 4) is 0 Å². The van der Waals surface area contributed by atoms with Crippen LogP contribution in [-0.2, 0) is 4.74 Å². The lowest BCUT2D eigenvalue weighted by molar-refractivity contribution is -0.0568. The van der Waals surface area contributed by atoms with E-state index in [2.05, 4.69) is 31.1 Å². The predicted octanol–water partition coefficient (Wildman–Crippen LogP) is 2.29. The first-order valence-corrected chi connectivity index (χ1v) is 8.00. The van der Waals surface area contributed by atoms with Crippen LogP contribution in [0.1, 0.15) is 59.3 Å². The largest absolute Gasteiger partial charge is 0.374 e. The summed E-state index contributed by atoms with van der Waals surface area (Å²) in [5.41, 5.74) is 2.97. The van der Waals surface area contributed by atoms with E-state index in [-0.39, 0.29) is 6.10 Å². The predicted molar refractivity (Wildman–Crippen MR) is 80.9 cm³/mol. The van der Waals surface area contributed by atoms with Gasteiger partial charge in [-0.15, -0.1) is 0 Å². The molecule has 0 radical (unpaired) electrons. The SMILES string of the molecule is CCCCCCCC(NN)C1CN(C(C)C)CCO1. The Kier molecular flexibility index (Phi) is 8.62. The van der Waals surface area contributed by atoms with Gasteiger partial charge >= 0.3 is 0 Å². The molecule has 0 bridgehead atoms. The fourth-order valence-corrected chi connectivity index (χ4v) is 2.75. The van der Waals surface area contributed by atoms with Crippen molar-refractivity contribution in [1.29, 1.82) is 0 Å². The highest BCUT2D eigenvalue weighted by Crippen LogP contribution is 2.16. The third kappa shape index (κ3) is 6.21. The number of hydrogen-bond acceptors (Lipinski definition) is 4. The molecule has 0 aromatic carbocycles. The smallest absolute Gasteiger partial charge is 0.0868 e. The van der Waals surface area contributed by atoms with Crippen molar-refractivity contribution in [1.82, 2.24) is 10.3 Å². The second-order valence-corrected chi connectivity index (χ2v) is 5.97. The zero-order valence-corrected chi connectivity index (χ0v) is 13.0. The van der Waals surface area contributed by atoms with Crippen LogP contribution < -0.4 is 11.3 Å². The highest BCUT2D eigenvalue weighted by Gasteiger charge is 2.28. The van der Waals surface area contributed by atoms with Gasteiger partial charge in [0.05, 0.1) is 12.7 Å². The molecule has 0 aromatic rings. The average Bonchev–Trinajstić information content (AvgIpc) is 2.43. The first kappa shape index (κ1) is 16.9. The maximum absolute atomic E-state index is 5.91. The van der Waals surface area contributed by atoms with Crippen molar-refractivity contribution in [3.05, 3.63) is 0 Å². The molecule has 1 aliphatic heterocycles. The van der Waals surface area contributed by atoms with Gasteiger partial charge in [0, 0.05) is 25.2 Å². The fraction of sp³-hybridized carbons (Fsp3) is 1.00. The van der Waals surface area contributed by atoms with Crippen molar-refractivity contribution in [2.24, 2.45) is 5.84 Å². The van der Waals surface area contributed by atoms with Gasteiger partial charge in [0.2, 0.25) is 0 Å². The number of morpholine rings is 1. The molecule has 1 saturated heterocycles. The van der Waals surface area contributed by atoms with Crippen LogP contribution in [0.15, 0.2) is 0 Å². The molecule has 19 heavy (non-hydrogen) atoms. The fourth-order valence-electron chi connectivity index (χ4n) is 2.75. The van der Waals surface area contributed by atoms with E-state index in [0.29, 0.717) is 12.1 Å². The molecule has 0 spiro atoms. The third-order valence-corrected chi connectivity index (χ3v) is 4.14. The molecule has 3 N–H and O–H groups in total. The summed E-state index contributed by atoms with van der Waals surface area (Å²) in [4.78, 5) is 2.48. The molecule has 0 aliphatic carbocycles. The lowest BCUT2D eigenvalue weighted by Crippen LogP contribution is -2.55. The van der Waals surface area contributed by atoms with Crippen LogP contribution in [0, 0.1) is 0 Å². The summed E-state index contributed by atoms with van der Waals surface area (Å²) < 4.78 is 5.91. The lowest BCUT2D eigenvalue weighted by atomic mass is 10.0. The molecule has 0 aromatic heterocycles. The van der Waals surface area contributed by atoms with Gasteiger partial charge in [0.1, 0.15) is 0 Å². The number of nitrogens with two attached hydrogens (primary N) is 1. The van der Waals surface area contributed by atoms with E-state index < -0.39 is 0 Å². The Morgan fingerprint density at radius 1 is 1.26 bits per heavy atom. The van der Waals surface area contributed by atoms with Crippen LogP contribution >= 0.6 is 0 Å². The Hall–Kier alpha value is -0.160. The van der Waals surface area contributed by atoms with Crippen molar-refractivity contribution in [2.75, 3.05) is 19.7 Å². The van der Waals surface area contributed by atoms with Crippen LogP contribution in [0.2, 0.25) is 0 Å². The number of nitrogens with zero attached hydrogens (tertiary/aromatic N) is 1. The van der Waals surface area contributed by atoms with E-state index in [9.17, 15) is 0 Å². The van der Waals surface area contributed by atoms with Crippen LogP contribution in [0.3, 0.4) is 0 Å². The van der Waals surface area contributed by atoms with Crippen molar-refractivity contribution in [2.45, 2.75) is 77.5 Å². The number of nitrogens with one attached hydrogen (secondary N) is 1. The molecule has 1 heterocycles. The first-order chi connectivity index (χ1) is 9.19. The summed E-state index contributed by atoms with van der Waals surface area (Å²) in [6, 6.07) is 0.887. The molecule has 0 saturated carbocycles. The molecular formula is C15H33N3O. The number of unbranched alkanes of at least 4 members (excludes halogenated alkanes) is 4. The minimum absolute atomic E-state index is 0.243. The highest BCUT2D eigenvalue weighted by molar-refractivity contribution is 4.82. The van der Waals surface area contributed by atoms with Gasteiger partial charge in [-0.25, -0.2) is 0 Å². The highest BCUT2D eigenvalue weighted by atomic mass is 16.5. The van der Waals surface area contributed by atoms with E-state index in [0.717, 1.165) is 26.1 Å². The average molecular weight is 271 g/mol. The Morgan fingerprint density at radius 2 is 2.00 bits per heavy atom. The van der Waals surface area contributed by atoms with Crippen LogP contribution in [0.5, 0.6) is 0 Å². The third-order valence-electron chi connectivity index (χ3n) is 4.14. The molecule has 2 atom stereocenters. The second-order valence-electron chi connectivity index (χ2n) is 5.97. The maximum atomic E-state index is 5.91. The van der Waals surface area contributed by atoms with Gasteiger partial charge in [-0.3, -0.25) is 16.2 Å². The number of hydrazine groups is 1. The summed E-state index contributed by atoms with van der Waals surface area (Å²) in [6.07, 6.45) is 7.92. The Labute approximate surface area is 119 Å². The van der Waals surface area contributed by atoms with Gasteiger partial charge < -0.3 is 4.74 Å². The standard InChI is InChI=1S/C15H33N3O/c1-4-5-6-7-8-9-14(17-16)15-12-18(13(2)3)10-11-19-15/h13-15,17H,4-12,16H2,1-3H3. The van der Waals surface area contributed by atoms with Gasteiger partial charge in [-0.2, -0.15) is 0 Å². The van der Waals surface area contributed by atoms with Gasteiger partial charge in [-0.05, 0) is 20.3 Å². The Bertz CT molecular complexity index is 223. The molecule has 1 aliphatic rings. The lowest BCUT2D eigenvalue weighted by Gasteiger charge is -2.38. The van der Waals surface area contributed by atoms with Gasteiger partial charge in [0.15, 0.2) is 0 Å². The topological polar surface area (TPSA) is 50.5 Å². The summed E-state index contributed by atoms with van der Waals surface area (Å²) in [6.45, 7) is 9.62. The summed E-state index contributed by atoms with van der Waals surface area (Å²) >= 11 is 0. The zero-order valence-electron chi connectivity index (χ0n) is 13.0. The zero-order chi connectivity index (χ0) is 14.1. The molecule has 4 heteroatoms. The van der Waals surface area contributed by atoms with E-state index in [1.54, 1.807) is 0 Å². The Balaban J connectivity index is 2.28. The van der Waals surface area contributed by atoms with E-state index >= 15 is 0 Å².